The van der Waals surface area contributed by atoms with Crippen molar-refractivity contribution in [2.24, 2.45) is 5.10 Å². The lowest BCUT2D eigenvalue weighted by atomic mass is 10.2. The molecule has 2 heterocycles. The van der Waals surface area contributed by atoms with Gasteiger partial charge in [-0.05, 0) is 55.5 Å². The highest BCUT2D eigenvalue weighted by molar-refractivity contribution is 7.73. The van der Waals surface area contributed by atoms with Crippen LogP contribution in [0.3, 0.4) is 0 Å². The minimum absolute atomic E-state index is 0.123. The third-order valence-electron chi connectivity index (χ3n) is 3.96. The molecular weight excluding hydrogens is 419 g/mol. The van der Waals surface area contributed by atoms with Gasteiger partial charge in [-0.15, -0.1) is 0 Å². The number of aryl methyl sites for hydroxylation is 1. The molecule has 0 fully saturated rings. The molecule has 0 saturated carbocycles. The number of aromatic nitrogens is 3. The maximum Gasteiger partial charge on any atom is 0.169 e. The van der Waals surface area contributed by atoms with E-state index in [1.807, 2.05) is 0 Å². The summed E-state index contributed by atoms with van der Waals surface area (Å²) in [6, 6.07) is 9.11. The Balaban J connectivity index is 1.74. The van der Waals surface area contributed by atoms with Crippen molar-refractivity contribution < 1.29 is 13.2 Å². The number of hydrazone groups is 1. The fourth-order valence-electron chi connectivity index (χ4n) is 2.68. The van der Waals surface area contributed by atoms with Gasteiger partial charge in [0.1, 0.15) is 28.0 Å². The number of hydrogen-bond donors (Lipinski definition) is 1. The van der Waals surface area contributed by atoms with Crippen molar-refractivity contribution in [2.75, 3.05) is 5.43 Å². The van der Waals surface area contributed by atoms with Crippen LogP contribution < -0.4 is 5.43 Å². The number of fused-ring (bicyclic) bond motifs is 1. The average Bonchev–Trinajstić information content (AvgIpc) is 3.00. The number of nitrogens with zero attached hydrogens (tertiary/aromatic N) is 4. The molecule has 5 nitrogen and oxygen atoms in total. The second kappa shape index (κ2) is 7.72. The maximum absolute atomic E-state index is 13.7. The molecule has 2 aromatic heterocycles. The second-order valence-corrected chi connectivity index (χ2v) is 7.63. The molecule has 0 atom stereocenters. The molecule has 1 N–H and O–H groups in total. The van der Waals surface area contributed by atoms with Crippen molar-refractivity contribution in [1.29, 1.82) is 0 Å². The smallest absolute Gasteiger partial charge is 0.169 e. The lowest BCUT2D eigenvalue weighted by molar-refractivity contribution is 0.582. The molecule has 29 heavy (non-hydrogen) atoms. The van der Waals surface area contributed by atoms with E-state index in [1.54, 1.807) is 23.6 Å². The number of benzene rings is 2. The Morgan fingerprint density at radius 1 is 1.07 bits per heavy atom. The lowest BCUT2D eigenvalue weighted by Gasteiger charge is -2.06. The van der Waals surface area contributed by atoms with Crippen LogP contribution in [0.25, 0.3) is 16.0 Å². The van der Waals surface area contributed by atoms with Crippen molar-refractivity contribution in [3.63, 3.8) is 0 Å². The first-order chi connectivity index (χ1) is 13.9. The van der Waals surface area contributed by atoms with Crippen molar-refractivity contribution in [3.05, 3.63) is 75.3 Å². The molecule has 0 aliphatic rings. The first kappa shape index (κ1) is 19.2. The van der Waals surface area contributed by atoms with E-state index in [4.69, 9.17) is 12.2 Å². The normalized spacial score (nSPS) is 11.4. The molecule has 0 unspecified atom stereocenters. The summed E-state index contributed by atoms with van der Waals surface area (Å²) in [7, 11) is 0. The van der Waals surface area contributed by atoms with Crippen LogP contribution in [0.1, 0.15) is 11.4 Å². The van der Waals surface area contributed by atoms with Gasteiger partial charge in [-0.25, -0.2) is 23.1 Å². The van der Waals surface area contributed by atoms with Crippen LogP contribution >= 0.6 is 23.6 Å². The van der Waals surface area contributed by atoms with E-state index in [1.165, 1.54) is 35.8 Å². The molecule has 0 saturated heterocycles. The molecule has 0 spiro atoms. The molecule has 4 aromatic rings. The number of rotatable bonds is 4. The molecule has 0 aliphatic carbocycles. The highest BCUT2D eigenvalue weighted by atomic mass is 32.1. The third kappa shape index (κ3) is 3.89. The summed E-state index contributed by atoms with van der Waals surface area (Å²) in [6.45, 7) is 1.71. The van der Waals surface area contributed by atoms with Gasteiger partial charge in [-0.2, -0.15) is 5.10 Å². The van der Waals surface area contributed by atoms with E-state index in [-0.39, 0.29) is 11.4 Å². The lowest BCUT2D eigenvalue weighted by Crippen LogP contribution is -2.01. The topological polar surface area (TPSA) is 55.1 Å². The zero-order chi connectivity index (χ0) is 20.5. The maximum atomic E-state index is 13.7. The molecular formula is C19H12F3N5S2. The standard InChI is InChI=1S/C19H12F3N5S2/c1-10-24-17(26-23-9-11-2-3-13(21)8-15(11)22)16-18(25-10)27(19(28)29-16)14-6-4-12(20)5-7-14/h2-9H,1H3,(H,24,25,26)/b23-9+. The van der Waals surface area contributed by atoms with Gasteiger partial charge in [0.05, 0.1) is 6.21 Å². The summed E-state index contributed by atoms with van der Waals surface area (Å²) >= 11 is 6.72. The minimum Gasteiger partial charge on any atom is -0.276 e. The third-order valence-corrected chi connectivity index (χ3v) is 5.33. The Labute approximate surface area is 172 Å². The number of halogens is 3. The number of thiazole rings is 1. The van der Waals surface area contributed by atoms with Crippen molar-refractivity contribution in [3.8, 4) is 5.69 Å². The van der Waals surface area contributed by atoms with Crippen LogP contribution in [0, 0.1) is 28.3 Å². The highest BCUT2D eigenvalue weighted by Gasteiger charge is 2.14. The molecule has 0 radical (unpaired) electrons. The Hall–Kier alpha value is -3.11. The van der Waals surface area contributed by atoms with E-state index in [9.17, 15) is 13.2 Å². The quantitative estimate of drug-likeness (QED) is 0.268. The summed E-state index contributed by atoms with van der Waals surface area (Å²) in [5.41, 5.74) is 4.11. The van der Waals surface area contributed by atoms with Crippen LogP contribution in [-0.4, -0.2) is 20.7 Å². The van der Waals surface area contributed by atoms with Crippen molar-refractivity contribution in [1.82, 2.24) is 14.5 Å². The Kier molecular flexibility index (Phi) is 5.12. The Morgan fingerprint density at radius 3 is 2.52 bits per heavy atom. The fraction of sp³-hybridized carbons (Fsp3) is 0.0526. The summed E-state index contributed by atoms with van der Waals surface area (Å²) in [6.07, 6.45) is 1.23. The molecule has 0 aliphatic heterocycles. The number of hydrogen-bond acceptors (Lipinski definition) is 6. The van der Waals surface area contributed by atoms with Gasteiger partial charge in [0, 0.05) is 17.3 Å². The Morgan fingerprint density at radius 2 is 1.79 bits per heavy atom. The second-order valence-electron chi connectivity index (χ2n) is 5.99. The zero-order valence-electron chi connectivity index (χ0n) is 14.9. The van der Waals surface area contributed by atoms with Gasteiger partial charge >= 0.3 is 0 Å². The summed E-state index contributed by atoms with van der Waals surface area (Å²) in [5, 5.41) is 4.00. The molecule has 146 valence electrons. The fourth-order valence-corrected chi connectivity index (χ4v) is 3.99. The van der Waals surface area contributed by atoms with Gasteiger partial charge in [0.15, 0.2) is 15.4 Å². The average molecular weight is 431 g/mol. The number of anilines is 1. The largest absolute Gasteiger partial charge is 0.276 e. The van der Waals surface area contributed by atoms with Gasteiger partial charge in [0.25, 0.3) is 0 Å². The monoisotopic (exact) mass is 431 g/mol. The van der Waals surface area contributed by atoms with Crippen LogP contribution in [0.2, 0.25) is 0 Å². The number of nitrogens with one attached hydrogen (secondary N) is 1. The summed E-state index contributed by atoms with van der Waals surface area (Å²) < 4.78 is 42.9. The van der Waals surface area contributed by atoms with E-state index in [2.05, 4.69) is 20.5 Å². The van der Waals surface area contributed by atoms with Crippen LogP contribution in [0.5, 0.6) is 0 Å². The predicted molar refractivity (Wildman–Crippen MR) is 110 cm³/mol. The molecule has 0 bridgehead atoms. The first-order valence-corrected chi connectivity index (χ1v) is 9.55. The zero-order valence-corrected chi connectivity index (χ0v) is 16.5. The minimum atomic E-state index is -0.724. The molecule has 0 amide bonds. The molecule has 2 aromatic carbocycles. The van der Waals surface area contributed by atoms with Crippen molar-refractivity contribution in [2.45, 2.75) is 6.92 Å². The predicted octanol–water partition coefficient (Wildman–Crippen LogP) is 5.38. The van der Waals surface area contributed by atoms with Gasteiger partial charge in [0.2, 0.25) is 0 Å². The molecule has 10 heteroatoms. The van der Waals surface area contributed by atoms with Gasteiger partial charge in [-0.1, -0.05) is 11.3 Å². The van der Waals surface area contributed by atoms with Gasteiger partial charge in [-0.3, -0.25) is 9.99 Å². The van der Waals surface area contributed by atoms with Crippen LogP contribution in [0.15, 0.2) is 47.6 Å². The van der Waals surface area contributed by atoms with Crippen LogP contribution in [0.4, 0.5) is 19.0 Å². The SMILES string of the molecule is Cc1nc(N/N=C/c2ccc(F)cc2F)c2sc(=S)n(-c3ccc(F)cc3)c2n1. The van der Waals surface area contributed by atoms with Gasteiger partial charge < -0.3 is 0 Å². The van der Waals surface area contributed by atoms with E-state index in [0.717, 1.165) is 12.1 Å². The summed E-state index contributed by atoms with van der Waals surface area (Å²) in [5.74, 6) is -0.884. The summed E-state index contributed by atoms with van der Waals surface area (Å²) in [4.78, 5) is 8.79. The van der Waals surface area contributed by atoms with Crippen LogP contribution in [-0.2, 0) is 0 Å². The molecule has 4 rings (SSSR count). The van der Waals surface area contributed by atoms with E-state index in [0.29, 0.717) is 31.6 Å². The van der Waals surface area contributed by atoms with E-state index >= 15 is 0 Å². The highest BCUT2D eigenvalue weighted by Crippen LogP contribution is 2.30. The Bertz CT molecular complexity index is 1300. The van der Waals surface area contributed by atoms with Crippen molar-refractivity contribution >= 4 is 45.9 Å². The first-order valence-electron chi connectivity index (χ1n) is 8.32. The van der Waals surface area contributed by atoms with E-state index < -0.39 is 11.6 Å².